The van der Waals surface area contributed by atoms with Crippen LogP contribution in [0, 0.1) is 13.8 Å². The second kappa shape index (κ2) is 7.25. The highest BCUT2D eigenvalue weighted by Gasteiger charge is 2.34. The first-order valence-electron chi connectivity index (χ1n) is 8.09. The molecule has 0 bridgehead atoms. The molecule has 0 saturated heterocycles. The maximum atomic E-state index is 12.8. The summed E-state index contributed by atoms with van der Waals surface area (Å²) < 4.78 is 40.7. The number of rotatable bonds is 4. The van der Waals surface area contributed by atoms with Crippen LogP contribution in [0.2, 0.25) is 0 Å². The minimum atomic E-state index is -4.79. The zero-order valence-corrected chi connectivity index (χ0v) is 14.9. The first-order chi connectivity index (χ1) is 13.2. The van der Waals surface area contributed by atoms with Gasteiger partial charge in [0, 0.05) is 11.9 Å². The van der Waals surface area contributed by atoms with Crippen LogP contribution < -0.4 is 10.9 Å². The Morgan fingerprint density at radius 1 is 1.21 bits per heavy atom. The number of aryl methyl sites for hydroxylation is 2. The summed E-state index contributed by atoms with van der Waals surface area (Å²) in [6, 6.07) is 6.75. The number of amides is 1. The molecule has 146 valence electrons. The molecule has 0 spiro atoms. The Kier molecular flexibility index (Phi) is 4.99. The van der Waals surface area contributed by atoms with Gasteiger partial charge >= 0.3 is 6.18 Å². The molecule has 1 aromatic carbocycles. The molecule has 0 fully saturated rings. The lowest BCUT2D eigenvalue weighted by Crippen LogP contribution is -2.31. The van der Waals surface area contributed by atoms with Gasteiger partial charge in [0.25, 0.3) is 5.56 Å². The van der Waals surface area contributed by atoms with Crippen LogP contribution >= 0.6 is 0 Å². The number of aromatic nitrogens is 5. The molecule has 0 unspecified atom stereocenters. The first kappa shape index (κ1) is 19.3. The molecule has 2 aromatic heterocycles. The lowest BCUT2D eigenvalue weighted by atomic mass is 10.1. The highest BCUT2D eigenvalue weighted by Crippen LogP contribution is 2.26. The van der Waals surface area contributed by atoms with Gasteiger partial charge in [0.05, 0.1) is 5.69 Å². The first-order valence-corrected chi connectivity index (χ1v) is 8.09. The van der Waals surface area contributed by atoms with E-state index >= 15 is 0 Å². The van der Waals surface area contributed by atoms with Gasteiger partial charge in [-0.25, -0.2) is 0 Å². The van der Waals surface area contributed by atoms with Gasteiger partial charge < -0.3 is 9.88 Å². The van der Waals surface area contributed by atoms with E-state index in [1.54, 1.807) is 25.1 Å². The summed E-state index contributed by atoms with van der Waals surface area (Å²) in [6.45, 7) is 2.99. The monoisotopic (exact) mass is 392 g/mol. The Morgan fingerprint density at radius 2 is 1.96 bits per heavy atom. The highest BCUT2D eigenvalue weighted by molar-refractivity contribution is 5.91. The number of hydrogen-bond acceptors (Lipinski definition) is 5. The van der Waals surface area contributed by atoms with Crippen molar-refractivity contribution in [2.75, 3.05) is 5.32 Å². The van der Waals surface area contributed by atoms with Gasteiger partial charge in [0.15, 0.2) is 5.82 Å². The molecule has 11 heteroatoms. The maximum Gasteiger partial charge on any atom is 0.421 e. The van der Waals surface area contributed by atoms with Gasteiger partial charge in [-0.2, -0.15) is 17.9 Å². The lowest BCUT2D eigenvalue weighted by Gasteiger charge is -2.12. The molecule has 0 aliphatic carbocycles. The predicted octanol–water partition coefficient (Wildman–Crippen LogP) is 2.10. The number of nitrogens with zero attached hydrogens (tertiary/aromatic N) is 5. The van der Waals surface area contributed by atoms with Crippen LogP contribution in [0.15, 0.2) is 41.3 Å². The van der Waals surface area contributed by atoms with Crippen LogP contribution in [0.5, 0.6) is 0 Å². The van der Waals surface area contributed by atoms with E-state index in [1.165, 1.54) is 4.68 Å². The second-order valence-electron chi connectivity index (χ2n) is 6.04. The van der Waals surface area contributed by atoms with Gasteiger partial charge in [-0.15, -0.1) is 5.10 Å². The molecule has 8 nitrogen and oxygen atoms in total. The fourth-order valence-corrected chi connectivity index (χ4v) is 2.60. The third-order valence-electron chi connectivity index (χ3n) is 3.99. The molecule has 0 aliphatic heterocycles. The second-order valence-corrected chi connectivity index (χ2v) is 6.04. The smallest absolute Gasteiger partial charge is 0.324 e. The molecular formula is C17H15F3N6O2. The van der Waals surface area contributed by atoms with Crippen molar-refractivity contribution in [1.29, 1.82) is 0 Å². The quantitative estimate of drug-likeness (QED) is 0.734. The number of carbonyl (C=O) groups is 1. The Bertz CT molecular complexity index is 1090. The largest absolute Gasteiger partial charge is 0.421 e. The van der Waals surface area contributed by atoms with E-state index < -0.39 is 29.8 Å². The number of pyridine rings is 1. The Morgan fingerprint density at radius 3 is 2.61 bits per heavy atom. The molecule has 0 saturated carbocycles. The van der Waals surface area contributed by atoms with Crippen molar-refractivity contribution in [1.82, 2.24) is 24.8 Å². The van der Waals surface area contributed by atoms with Crippen molar-refractivity contribution < 1.29 is 18.0 Å². The van der Waals surface area contributed by atoms with Gasteiger partial charge in [0.1, 0.15) is 12.1 Å². The van der Waals surface area contributed by atoms with Crippen molar-refractivity contribution in [2.45, 2.75) is 26.6 Å². The zero-order valence-electron chi connectivity index (χ0n) is 14.9. The van der Waals surface area contributed by atoms with E-state index in [2.05, 4.69) is 20.8 Å². The van der Waals surface area contributed by atoms with E-state index in [9.17, 15) is 22.8 Å². The average molecular weight is 392 g/mol. The lowest BCUT2D eigenvalue weighted by molar-refractivity contribution is -0.139. The minimum Gasteiger partial charge on any atom is -0.324 e. The third-order valence-corrected chi connectivity index (χ3v) is 3.99. The van der Waals surface area contributed by atoms with E-state index in [0.29, 0.717) is 27.8 Å². The number of nitrogens with one attached hydrogen (secondary N) is 1. The molecule has 28 heavy (non-hydrogen) atoms. The standard InChI is InChI=1S/C17H15F3N6O2/c1-10-5-6-12(8-14(10)26-11(2)22-23-24-26)21-15(27)9-25-7-3-4-13(16(25)28)17(18,19)20/h3-8H,9H2,1-2H3,(H,21,27). The normalized spacial score (nSPS) is 11.5. The number of anilines is 1. The van der Waals surface area contributed by atoms with E-state index in [4.69, 9.17) is 0 Å². The maximum absolute atomic E-state index is 12.8. The van der Waals surface area contributed by atoms with Crippen molar-refractivity contribution in [2.24, 2.45) is 0 Å². The van der Waals surface area contributed by atoms with Gasteiger partial charge in [-0.3, -0.25) is 9.59 Å². The summed E-state index contributed by atoms with van der Waals surface area (Å²) in [5.41, 5.74) is -0.729. The van der Waals surface area contributed by atoms with Crippen molar-refractivity contribution in [3.8, 4) is 5.69 Å². The molecule has 3 rings (SSSR count). The number of halogens is 3. The molecule has 1 N–H and O–H groups in total. The van der Waals surface area contributed by atoms with Crippen LogP contribution in [-0.2, 0) is 17.5 Å². The summed E-state index contributed by atoms with van der Waals surface area (Å²) >= 11 is 0. The number of tetrazole rings is 1. The molecular weight excluding hydrogens is 377 g/mol. The summed E-state index contributed by atoms with van der Waals surface area (Å²) in [5, 5.41) is 13.8. The van der Waals surface area contributed by atoms with Crippen LogP contribution in [-0.4, -0.2) is 30.7 Å². The fourth-order valence-electron chi connectivity index (χ4n) is 2.60. The summed E-state index contributed by atoms with van der Waals surface area (Å²) in [4.78, 5) is 24.2. The highest BCUT2D eigenvalue weighted by atomic mass is 19.4. The predicted molar refractivity (Wildman–Crippen MR) is 93.0 cm³/mol. The SMILES string of the molecule is Cc1ccc(NC(=O)Cn2cccc(C(F)(F)F)c2=O)cc1-n1nnnc1C. The molecule has 1 amide bonds. The van der Waals surface area contributed by atoms with Crippen LogP contribution in [0.25, 0.3) is 5.69 Å². The fraction of sp³-hybridized carbons (Fsp3) is 0.235. The number of alkyl halides is 3. The van der Waals surface area contributed by atoms with Gasteiger partial charge in [-0.05, 0) is 54.1 Å². The number of carbonyl (C=O) groups excluding carboxylic acids is 1. The molecule has 0 atom stereocenters. The Labute approximate surface area is 156 Å². The number of benzene rings is 1. The third kappa shape index (κ3) is 3.92. The van der Waals surface area contributed by atoms with E-state index in [1.807, 2.05) is 6.92 Å². The average Bonchev–Trinajstić information content (AvgIpc) is 3.03. The molecule has 0 radical (unpaired) electrons. The zero-order chi connectivity index (χ0) is 20.5. The summed E-state index contributed by atoms with van der Waals surface area (Å²) in [5.74, 6) is -0.105. The molecule has 0 aliphatic rings. The van der Waals surface area contributed by atoms with Gasteiger partial charge in [-0.1, -0.05) is 6.07 Å². The van der Waals surface area contributed by atoms with E-state index in [0.717, 1.165) is 17.8 Å². The Hall–Kier alpha value is -3.50. The van der Waals surface area contributed by atoms with Crippen LogP contribution in [0.1, 0.15) is 17.0 Å². The van der Waals surface area contributed by atoms with Crippen molar-refractivity contribution >= 4 is 11.6 Å². The number of hydrogen-bond donors (Lipinski definition) is 1. The topological polar surface area (TPSA) is 94.7 Å². The van der Waals surface area contributed by atoms with Crippen LogP contribution in [0.4, 0.5) is 18.9 Å². The van der Waals surface area contributed by atoms with Gasteiger partial charge in [0.2, 0.25) is 5.91 Å². The molecule has 3 aromatic rings. The molecule has 2 heterocycles. The van der Waals surface area contributed by atoms with E-state index in [-0.39, 0.29) is 0 Å². The Balaban J connectivity index is 1.82. The van der Waals surface area contributed by atoms with Crippen molar-refractivity contribution in [3.63, 3.8) is 0 Å². The minimum absolute atomic E-state index is 0.389. The summed E-state index contributed by atoms with van der Waals surface area (Å²) in [7, 11) is 0. The van der Waals surface area contributed by atoms with Crippen molar-refractivity contribution in [3.05, 3.63) is 63.8 Å². The summed E-state index contributed by atoms with van der Waals surface area (Å²) in [6.07, 6.45) is -3.66. The van der Waals surface area contributed by atoms with Crippen LogP contribution in [0.3, 0.4) is 0 Å².